The highest BCUT2D eigenvalue weighted by Crippen LogP contribution is 2.45. The second-order valence-electron chi connectivity index (χ2n) is 15.8. The van der Waals surface area contributed by atoms with Gasteiger partial charge in [0.05, 0.1) is 78.7 Å². The molecule has 0 unspecified atom stereocenters. The Kier molecular flexibility index (Phi) is 9.96. The van der Waals surface area contributed by atoms with E-state index in [1.54, 1.807) is 66.7 Å². The van der Waals surface area contributed by atoms with Crippen molar-refractivity contribution in [2.75, 3.05) is 0 Å². The van der Waals surface area contributed by atoms with Gasteiger partial charge in [0.2, 0.25) is 0 Å². The van der Waals surface area contributed by atoms with Gasteiger partial charge >= 0.3 is 24.7 Å². The van der Waals surface area contributed by atoms with Gasteiger partial charge in [-0.05, 0) is 91.0 Å². The van der Waals surface area contributed by atoms with Gasteiger partial charge in [-0.2, -0.15) is 57.9 Å². The molecule has 10 rings (SSSR count). The molecule has 0 saturated carbocycles. The Morgan fingerprint density at radius 2 is 0.706 bits per heavy atom. The van der Waals surface area contributed by atoms with Crippen molar-refractivity contribution in [1.82, 2.24) is 19.1 Å². The SMILES string of the molecule is N#Cc1cc(-n2c3ccc(C(F)(F)F)cc3c3cc(C(F)(F)F)ccc32)c(-n2c3ccc(C(F)(F)F)cc3c3cc(C(F)(F)F)ccc32)cc1-c1nc(-c2ccccc2)cc(-c2ccccc2)n1. The summed E-state index contributed by atoms with van der Waals surface area (Å²) in [6.07, 6.45) is -19.8. The molecule has 17 heteroatoms. The number of halogens is 12. The third-order valence-corrected chi connectivity index (χ3v) is 11.7. The zero-order chi connectivity index (χ0) is 48.1. The van der Waals surface area contributed by atoms with Crippen LogP contribution in [0.4, 0.5) is 52.7 Å². The normalized spacial score (nSPS) is 12.7. The standard InChI is InChI=1S/C51H25F12N5/c52-48(53,54)30-11-15-41-35(20-30)36-21-31(49(55,56)57)12-16-42(36)67(41)45-19-29(26-64)34(47-65-39(27-7-3-1-4-8-27)25-40(66-47)28-9-5-2-6-10-28)24-46(45)68-43-17-13-32(50(58,59)60)22-37(43)38-23-33(51(61,62)63)14-18-44(38)68/h1-25H. The molecule has 10 aromatic rings. The van der Waals surface area contributed by atoms with E-state index < -0.39 is 47.0 Å². The summed E-state index contributed by atoms with van der Waals surface area (Å²) in [5.41, 5.74) is -3.37. The molecule has 0 spiro atoms. The lowest BCUT2D eigenvalue weighted by atomic mass is 10.0. The Morgan fingerprint density at radius 1 is 0.382 bits per heavy atom. The lowest BCUT2D eigenvalue weighted by Crippen LogP contribution is -2.08. The maximum absolute atomic E-state index is 14.3. The highest BCUT2D eigenvalue weighted by molar-refractivity contribution is 6.12. The van der Waals surface area contributed by atoms with Gasteiger partial charge in [-0.25, -0.2) is 9.97 Å². The zero-order valence-corrected chi connectivity index (χ0v) is 34.2. The average molecular weight is 936 g/mol. The Hall–Kier alpha value is -8.13. The highest BCUT2D eigenvalue weighted by atomic mass is 19.4. The van der Waals surface area contributed by atoms with Crippen LogP contribution < -0.4 is 0 Å². The summed E-state index contributed by atoms with van der Waals surface area (Å²) in [6.45, 7) is 0. The quantitative estimate of drug-likeness (QED) is 0.162. The number of fused-ring (bicyclic) bond motifs is 6. The zero-order valence-electron chi connectivity index (χ0n) is 34.2. The van der Waals surface area contributed by atoms with Crippen LogP contribution in [0.25, 0.3) is 88.9 Å². The van der Waals surface area contributed by atoms with E-state index in [4.69, 9.17) is 9.97 Å². The maximum atomic E-state index is 14.3. The molecule has 0 N–H and O–H groups in total. The van der Waals surface area contributed by atoms with Crippen molar-refractivity contribution in [3.05, 3.63) is 179 Å². The number of rotatable bonds is 5. The monoisotopic (exact) mass is 935 g/mol. The molecular weight excluding hydrogens is 911 g/mol. The van der Waals surface area contributed by atoms with Crippen molar-refractivity contribution in [3.8, 4) is 51.3 Å². The first-order chi connectivity index (χ1) is 32.2. The molecule has 338 valence electrons. The van der Waals surface area contributed by atoms with Crippen LogP contribution >= 0.6 is 0 Å². The fourth-order valence-electron chi connectivity index (χ4n) is 8.56. The minimum atomic E-state index is -4.94. The molecule has 3 aromatic heterocycles. The van der Waals surface area contributed by atoms with Gasteiger partial charge in [-0.1, -0.05) is 60.7 Å². The van der Waals surface area contributed by atoms with E-state index in [0.717, 1.165) is 36.4 Å². The first-order valence-electron chi connectivity index (χ1n) is 20.2. The van der Waals surface area contributed by atoms with Gasteiger partial charge in [-0.3, -0.25) is 0 Å². The Balaban J connectivity index is 1.38. The molecule has 68 heavy (non-hydrogen) atoms. The van der Waals surface area contributed by atoms with Gasteiger partial charge in [0.25, 0.3) is 0 Å². The van der Waals surface area contributed by atoms with Crippen LogP contribution in [0.15, 0.2) is 152 Å². The van der Waals surface area contributed by atoms with Gasteiger partial charge in [0.15, 0.2) is 5.82 Å². The smallest absolute Gasteiger partial charge is 0.307 e. The molecule has 0 radical (unpaired) electrons. The summed E-state index contributed by atoms with van der Waals surface area (Å²) in [4.78, 5) is 9.70. The second-order valence-corrected chi connectivity index (χ2v) is 15.8. The van der Waals surface area contributed by atoms with Crippen LogP contribution in [-0.2, 0) is 24.7 Å². The second kappa shape index (κ2) is 15.5. The van der Waals surface area contributed by atoms with Gasteiger partial charge in [0, 0.05) is 38.2 Å². The van der Waals surface area contributed by atoms with Crippen molar-refractivity contribution in [2.45, 2.75) is 24.7 Å². The first-order valence-corrected chi connectivity index (χ1v) is 20.2. The van der Waals surface area contributed by atoms with Gasteiger partial charge in [-0.15, -0.1) is 0 Å². The molecule has 0 saturated heterocycles. The first kappa shape index (κ1) is 43.7. The third kappa shape index (κ3) is 7.51. The highest BCUT2D eigenvalue weighted by Gasteiger charge is 2.36. The number of nitriles is 1. The van der Waals surface area contributed by atoms with Crippen LogP contribution in [0.3, 0.4) is 0 Å². The van der Waals surface area contributed by atoms with E-state index in [9.17, 15) is 57.9 Å². The minimum absolute atomic E-state index is 0.00881. The van der Waals surface area contributed by atoms with E-state index in [2.05, 4.69) is 6.07 Å². The molecule has 0 fully saturated rings. The van der Waals surface area contributed by atoms with E-state index in [1.165, 1.54) is 21.3 Å². The summed E-state index contributed by atoms with van der Waals surface area (Å²) in [5, 5.41) is 9.82. The van der Waals surface area contributed by atoms with Crippen LogP contribution in [0.2, 0.25) is 0 Å². The van der Waals surface area contributed by atoms with Crippen LogP contribution in [0.1, 0.15) is 27.8 Å². The summed E-state index contributed by atoms with van der Waals surface area (Å²) < 4.78 is 174. The number of alkyl halides is 12. The van der Waals surface area contributed by atoms with Crippen LogP contribution in [0.5, 0.6) is 0 Å². The van der Waals surface area contributed by atoms with Crippen LogP contribution in [0, 0.1) is 11.3 Å². The fraction of sp³-hybridized carbons (Fsp3) is 0.0784. The van der Waals surface area contributed by atoms with Crippen molar-refractivity contribution in [2.24, 2.45) is 0 Å². The number of nitrogens with zero attached hydrogens (tertiary/aromatic N) is 5. The van der Waals surface area contributed by atoms with Crippen molar-refractivity contribution < 1.29 is 52.7 Å². The molecule has 0 atom stereocenters. The Morgan fingerprint density at radius 3 is 1.01 bits per heavy atom. The molecule has 0 aliphatic rings. The summed E-state index contributed by atoms with van der Waals surface area (Å²) >= 11 is 0. The number of aromatic nitrogens is 4. The molecule has 0 aliphatic carbocycles. The topological polar surface area (TPSA) is 59.4 Å². The summed E-state index contributed by atoms with van der Waals surface area (Å²) in [5.74, 6) is -0.0547. The number of hydrogen-bond acceptors (Lipinski definition) is 3. The minimum Gasteiger partial charge on any atom is -0.307 e. The van der Waals surface area contributed by atoms with E-state index in [0.29, 0.717) is 58.9 Å². The third-order valence-electron chi connectivity index (χ3n) is 11.7. The molecule has 5 nitrogen and oxygen atoms in total. The number of benzene rings is 7. The molecular formula is C51H25F12N5. The predicted molar refractivity (Wildman–Crippen MR) is 232 cm³/mol. The van der Waals surface area contributed by atoms with E-state index in [-0.39, 0.29) is 71.9 Å². The maximum Gasteiger partial charge on any atom is 0.416 e. The molecule has 7 aromatic carbocycles. The molecule has 0 aliphatic heterocycles. The number of hydrogen-bond donors (Lipinski definition) is 0. The molecule has 0 amide bonds. The largest absolute Gasteiger partial charge is 0.416 e. The molecule has 3 heterocycles. The van der Waals surface area contributed by atoms with E-state index in [1.807, 2.05) is 0 Å². The van der Waals surface area contributed by atoms with Gasteiger partial charge < -0.3 is 9.13 Å². The van der Waals surface area contributed by atoms with Crippen LogP contribution in [-0.4, -0.2) is 19.1 Å². The van der Waals surface area contributed by atoms with Crippen molar-refractivity contribution >= 4 is 43.6 Å². The fourth-order valence-corrected chi connectivity index (χ4v) is 8.56. The Bertz CT molecular complexity index is 3490. The lowest BCUT2D eigenvalue weighted by molar-refractivity contribution is -0.138. The summed E-state index contributed by atoms with van der Waals surface area (Å²) in [7, 11) is 0. The van der Waals surface area contributed by atoms with E-state index >= 15 is 0 Å². The molecule has 0 bridgehead atoms. The summed E-state index contributed by atoms with van der Waals surface area (Å²) in [6, 6.07) is 34.0. The van der Waals surface area contributed by atoms with Gasteiger partial charge in [0.1, 0.15) is 0 Å². The predicted octanol–water partition coefficient (Wildman–Crippen LogP) is 15.6. The van der Waals surface area contributed by atoms with Crippen molar-refractivity contribution in [1.29, 1.82) is 5.26 Å². The average Bonchev–Trinajstić information content (AvgIpc) is 3.81. The Labute approximate surface area is 375 Å². The lowest BCUT2D eigenvalue weighted by Gasteiger charge is -2.20. The van der Waals surface area contributed by atoms with Crippen molar-refractivity contribution in [3.63, 3.8) is 0 Å².